The Balaban J connectivity index is 2.52. The van der Waals surface area contributed by atoms with Crippen molar-refractivity contribution < 1.29 is 9.53 Å². The van der Waals surface area contributed by atoms with E-state index in [2.05, 4.69) is 26.1 Å². The van der Waals surface area contributed by atoms with E-state index in [1.165, 1.54) is 0 Å². The van der Waals surface area contributed by atoms with Crippen LogP contribution in [0.1, 0.15) is 67.2 Å². The van der Waals surface area contributed by atoms with E-state index >= 15 is 0 Å². The number of amides is 1. The zero-order chi connectivity index (χ0) is 14.9. The summed E-state index contributed by atoms with van der Waals surface area (Å²) in [5, 5.41) is 3.00. The van der Waals surface area contributed by atoms with E-state index in [4.69, 9.17) is 10.5 Å². The molecule has 1 unspecified atom stereocenters. The van der Waals surface area contributed by atoms with Crippen molar-refractivity contribution in [2.75, 3.05) is 0 Å². The lowest BCUT2D eigenvalue weighted by atomic mass is 9.83. The number of rotatable bonds is 4. The van der Waals surface area contributed by atoms with Gasteiger partial charge >= 0.3 is 6.09 Å². The molecule has 1 aliphatic rings. The van der Waals surface area contributed by atoms with E-state index in [0.29, 0.717) is 0 Å². The lowest BCUT2D eigenvalue weighted by Gasteiger charge is -2.33. The van der Waals surface area contributed by atoms with Crippen LogP contribution in [0.25, 0.3) is 0 Å². The van der Waals surface area contributed by atoms with Gasteiger partial charge < -0.3 is 15.8 Å². The van der Waals surface area contributed by atoms with E-state index in [-0.39, 0.29) is 23.1 Å². The lowest BCUT2D eigenvalue weighted by Crippen LogP contribution is -2.46. The quantitative estimate of drug-likeness (QED) is 0.824. The molecular weight excluding hydrogens is 240 g/mol. The Morgan fingerprint density at radius 1 is 1.26 bits per heavy atom. The van der Waals surface area contributed by atoms with Crippen LogP contribution in [0.5, 0.6) is 0 Å². The standard InChI is InChI=1S/C15H30N2O2/c1-13(2,3)11(7-8-15(16)9-10-15)17-12(18)19-14(4,5)6/h11H,7-10,16H2,1-6H3,(H,17,18). The fourth-order valence-corrected chi connectivity index (χ4v) is 2.01. The van der Waals surface area contributed by atoms with Gasteiger partial charge in [0.25, 0.3) is 0 Å². The highest BCUT2D eigenvalue weighted by Gasteiger charge is 2.39. The van der Waals surface area contributed by atoms with Gasteiger partial charge in [0.1, 0.15) is 5.60 Å². The first-order valence-corrected chi connectivity index (χ1v) is 7.20. The number of hydrogen-bond acceptors (Lipinski definition) is 3. The third kappa shape index (κ3) is 6.28. The van der Waals surface area contributed by atoms with Gasteiger partial charge in [0.05, 0.1) is 0 Å². The molecule has 1 rings (SSSR count). The second-order valence-electron chi connectivity index (χ2n) is 7.97. The third-order valence-electron chi connectivity index (χ3n) is 3.56. The molecule has 4 heteroatoms. The van der Waals surface area contributed by atoms with Crippen molar-refractivity contribution in [3.8, 4) is 0 Å². The van der Waals surface area contributed by atoms with E-state index < -0.39 is 5.60 Å². The average molecular weight is 270 g/mol. The first-order chi connectivity index (χ1) is 8.41. The van der Waals surface area contributed by atoms with Gasteiger partial charge in [-0.15, -0.1) is 0 Å². The number of nitrogens with one attached hydrogen (secondary N) is 1. The van der Waals surface area contributed by atoms with Crippen molar-refractivity contribution in [1.82, 2.24) is 5.32 Å². The fourth-order valence-electron chi connectivity index (χ4n) is 2.01. The molecule has 4 nitrogen and oxygen atoms in total. The summed E-state index contributed by atoms with van der Waals surface area (Å²) in [7, 11) is 0. The number of nitrogens with two attached hydrogens (primary N) is 1. The van der Waals surface area contributed by atoms with Crippen molar-refractivity contribution in [2.45, 2.75) is 84.4 Å². The number of ether oxygens (including phenoxy) is 1. The van der Waals surface area contributed by atoms with Gasteiger partial charge in [0.2, 0.25) is 0 Å². The van der Waals surface area contributed by atoms with Crippen molar-refractivity contribution in [2.24, 2.45) is 11.1 Å². The van der Waals surface area contributed by atoms with Gasteiger partial charge in [-0.25, -0.2) is 4.79 Å². The molecule has 0 saturated heterocycles. The third-order valence-corrected chi connectivity index (χ3v) is 3.56. The Hall–Kier alpha value is -0.770. The van der Waals surface area contributed by atoms with Crippen LogP contribution in [0.4, 0.5) is 4.79 Å². The highest BCUT2D eigenvalue weighted by molar-refractivity contribution is 5.68. The first-order valence-electron chi connectivity index (χ1n) is 7.20. The normalized spacial score (nSPS) is 19.7. The molecule has 0 aromatic heterocycles. The summed E-state index contributed by atoms with van der Waals surface area (Å²) in [6.07, 6.45) is 3.74. The maximum atomic E-state index is 11.9. The molecule has 0 bridgehead atoms. The summed E-state index contributed by atoms with van der Waals surface area (Å²) in [5.74, 6) is 0. The molecule has 0 heterocycles. The number of hydrogen-bond donors (Lipinski definition) is 2. The Labute approximate surface area is 117 Å². The molecule has 19 heavy (non-hydrogen) atoms. The Bertz CT molecular complexity index is 322. The lowest BCUT2D eigenvalue weighted by molar-refractivity contribution is 0.0456. The van der Waals surface area contributed by atoms with Gasteiger partial charge in [-0.2, -0.15) is 0 Å². The predicted octanol–water partition coefficient (Wildman–Crippen LogP) is 3.20. The first kappa shape index (κ1) is 16.3. The highest BCUT2D eigenvalue weighted by Crippen LogP contribution is 2.38. The van der Waals surface area contributed by atoms with E-state index in [1.807, 2.05) is 20.8 Å². The summed E-state index contributed by atoms with van der Waals surface area (Å²) in [5.41, 5.74) is 5.70. The minimum atomic E-state index is -0.460. The van der Waals surface area contributed by atoms with Crippen molar-refractivity contribution in [3.05, 3.63) is 0 Å². The molecular formula is C15H30N2O2. The van der Waals surface area contributed by atoms with Crippen LogP contribution in [0, 0.1) is 5.41 Å². The van der Waals surface area contributed by atoms with Gasteiger partial charge in [-0.05, 0) is 51.9 Å². The summed E-state index contributed by atoms with van der Waals surface area (Å²) in [6, 6.07) is 0.0865. The van der Waals surface area contributed by atoms with E-state index in [0.717, 1.165) is 25.7 Å². The molecule has 3 N–H and O–H groups in total. The molecule has 1 fully saturated rings. The van der Waals surface area contributed by atoms with Gasteiger partial charge in [-0.3, -0.25) is 0 Å². The van der Waals surface area contributed by atoms with Crippen LogP contribution >= 0.6 is 0 Å². The van der Waals surface area contributed by atoms with Crippen LogP contribution in [0.2, 0.25) is 0 Å². The van der Waals surface area contributed by atoms with Crippen LogP contribution in [0.15, 0.2) is 0 Å². The molecule has 1 saturated carbocycles. The highest BCUT2D eigenvalue weighted by atomic mass is 16.6. The molecule has 0 aromatic carbocycles. The molecule has 0 aromatic rings. The topological polar surface area (TPSA) is 64.3 Å². The van der Waals surface area contributed by atoms with Crippen LogP contribution in [-0.2, 0) is 4.74 Å². The minimum absolute atomic E-state index is 0.00214. The summed E-state index contributed by atoms with van der Waals surface area (Å²) in [4.78, 5) is 11.9. The van der Waals surface area contributed by atoms with E-state index in [9.17, 15) is 4.79 Å². The maximum absolute atomic E-state index is 11.9. The predicted molar refractivity (Wildman–Crippen MR) is 78.0 cm³/mol. The summed E-state index contributed by atoms with van der Waals surface area (Å²) < 4.78 is 5.33. The SMILES string of the molecule is CC(C)(C)OC(=O)NC(CCC1(N)CC1)C(C)(C)C. The Kier molecular flexibility index (Phi) is 4.55. The van der Waals surface area contributed by atoms with Crippen molar-refractivity contribution in [3.63, 3.8) is 0 Å². The molecule has 112 valence electrons. The summed E-state index contributed by atoms with van der Waals surface area (Å²) in [6.45, 7) is 12.0. The Morgan fingerprint density at radius 2 is 1.79 bits per heavy atom. The smallest absolute Gasteiger partial charge is 0.407 e. The zero-order valence-electron chi connectivity index (χ0n) is 13.3. The molecule has 1 aliphatic carbocycles. The second kappa shape index (κ2) is 5.31. The van der Waals surface area contributed by atoms with Crippen LogP contribution in [-0.4, -0.2) is 23.3 Å². The minimum Gasteiger partial charge on any atom is -0.444 e. The largest absolute Gasteiger partial charge is 0.444 e. The maximum Gasteiger partial charge on any atom is 0.407 e. The molecule has 0 radical (unpaired) electrons. The van der Waals surface area contributed by atoms with Crippen LogP contribution < -0.4 is 11.1 Å². The molecule has 0 aliphatic heterocycles. The van der Waals surface area contributed by atoms with Gasteiger partial charge in [0, 0.05) is 11.6 Å². The number of alkyl carbamates (subject to hydrolysis) is 1. The molecule has 0 spiro atoms. The van der Waals surface area contributed by atoms with E-state index in [1.54, 1.807) is 0 Å². The van der Waals surface area contributed by atoms with Crippen molar-refractivity contribution in [1.29, 1.82) is 0 Å². The fraction of sp³-hybridized carbons (Fsp3) is 0.933. The zero-order valence-corrected chi connectivity index (χ0v) is 13.3. The molecule has 1 atom stereocenters. The summed E-state index contributed by atoms with van der Waals surface area (Å²) >= 11 is 0. The second-order valence-corrected chi connectivity index (χ2v) is 7.97. The van der Waals surface area contributed by atoms with Crippen LogP contribution in [0.3, 0.4) is 0 Å². The Morgan fingerprint density at radius 3 is 2.16 bits per heavy atom. The van der Waals surface area contributed by atoms with Gasteiger partial charge in [-0.1, -0.05) is 20.8 Å². The van der Waals surface area contributed by atoms with Crippen molar-refractivity contribution >= 4 is 6.09 Å². The van der Waals surface area contributed by atoms with Gasteiger partial charge in [0.15, 0.2) is 0 Å². The molecule has 1 amide bonds. The number of carbonyl (C=O) groups is 1. The number of carbonyl (C=O) groups excluding carboxylic acids is 1. The monoisotopic (exact) mass is 270 g/mol. The average Bonchev–Trinajstić information content (AvgIpc) is 2.87.